The third kappa shape index (κ3) is 2.88. The zero-order chi connectivity index (χ0) is 15.0. The first kappa shape index (κ1) is 14.3. The highest BCUT2D eigenvalue weighted by atomic mass is 16.3. The van der Waals surface area contributed by atoms with Gasteiger partial charge in [0.15, 0.2) is 0 Å². The van der Waals surface area contributed by atoms with Gasteiger partial charge in [-0.25, -0.2) is 4.98 Å². The molecular formula is C16H24N4O. The molecule has 1 saturated heterocycles. The fourth-order valence-corrected chi connectivity index (χ4v) is 3.26. The standard InChI is InChI=1S/C16H24N4O/c1-16(21)6-8-20(9-7-16)15-12(14(17)18)10-11-4-2-3-5-13(11)19-15/h10,21H,2-9H2,1H3,(H3,17,18). The molecule has 4 N–H and O–H groups in total. The van der Waals surface area contributed by atoms with Crippen LogP contribution in [0.2, 0.25) is 0 Å². The maximum atomic E-state index is 10.1. The Morgan fingerprint density at radius 3 is 2.67 bits per heavy atom. The summed E-state index contributed by atoms with van der Waals surface area (Å²) in [6.07, 6.45) is 5.89. The Hall–Kier alpha value is -1.62. The van der Waals surface area contributed by atoms with Crippen molar-refractivity contribution in [1.29, 1.82) is 5.41 Å². The van der Waals surface area contributed by atoms with Crippen LogP contribution >= 0.6 is 0 Å². The second-order valence-electron chi connectivity index (χ2n) is 6.57. The molecule has 5 nitrogen and oxygen atoms in total. The van der Waals surface area contributed by atoms with Gasteiger partial charge in [0.25, 0.3) is 0 Å². The molecule has 1 aliphatic heterocycles. The van der Waals surface area contributed by atoms with E-state index in [1.165, 1.54) is 24.1 Å². The number of aromatic nitrogens is 1. The maximum Gasteiger partial charge on any atom is 0.139 e. The number of anilines is 1. The molecule has 0 radical (unpaired) electrons. The molecule has 2 aliphatic rings. The van der Waals surface area contributed by atoms with Crippen LogP contribution < -0.4 is 10.6 Å². The summed E-state index contributed by atoms with van der Waals surface area (Å²) in [6, 6.07) is 2.06. The van der Waals surface area contributed by atoms with Crippen molar-refractivity contribution in [3.05, 3.63) is 22.9 Å². The summed E-state index contributed by atoms with van der Waals surface area (Å²) < 4.78 is 0. The van der Waals surface area contributed by atoms with Gasteiger partial charge in [0, 0.05) is 18.8 Å². The number of hydrogen-bond acceptors (Lipinski definition) is 4. The summed E-state index contributed by atoms with van der Waals surface area (Å²) in [5, 5.41) is 17.9. The monoisotopic (exact) mass is 288 g/mol. The van der Waals surface area contributed by atoms with Gasteiger partial charge >= 0.3 is 0 Å². The van der Waals surface area contributed by atoms with Gasteiger partial charge in [-0.05, 0) is 57.1 Å². The minimum absolute atomic E-state index is 0.0863. The van der Waals surface area contributed by atoms with Crippen LogP contribution in [-0.4, -0.2) is 34.6 Å². The maximum absolute atomic E-state index is 10.1. The zero-order valence-electron chi connectivity index (χ0n) is 12.7. The van der Waals surface area contributed by atoms with Crippen molar-refractivity contribution in [2.45, 2.75) is 51.0 Å². The fraction of sp³-hybridized carbons (Fsp3) is 0.625. The number of nitrogens with zero attached hydrogens (tertiary/aromatic N) is 2. The molecule has 0 bridgehead atoms. The number of pyridine rings is 1. The predicted molar refractivity (Wildman–Crippen MR) is 84.0 cm³/mol. The van der Waals surface area contributed by atoms with E-state index < -0.39 is 5.60 Å². The summed E-state index contributed by atoms with van der Waals surface area (Å²) in [6.45, 7) is 3.41. The van der Waals surface area contributed by atoms with E-state index in [0.717, 1.165) is 50.2 Å². The van der Waals surface area contributed by atoms with E-state index in [1.54, 1.807) is 0 Å². The van der Waals surface area contributed by atoms with Gasteiger partial charge in [0.2, 0.25) is 0 Å². The van der Waals surface area contributed by atoms with Crippen molar-refractivity contribution in [2.24, 2.45) is 5.73 Å². The molecule has 1 fully saturated rings. The van der Waals surface area contributed by atoms with E-state index in [1.807, 2.05) is 6.92 Å². The number of nitrogens with two attached hydrogens (primary N) is 1. The molecular weight excluding hydrogens is 264 g/mol. The third-order valence-corrected chi connectivity index (χ3v) is 4.71. The molecule has 1 aromatic rings. The normalized spacial score (nSPS) is 21.0. The van der Waals surface area contributed by atoms with Crippen LogP contribution in [0.25, 0.3) is 0 Å². The van der Waals surface area contributed by atoms with E-state index in [9.17, 15) is 5.11 Å². The van der Waals surface area contributed by atoms with Gasteiger partial charge in [-0.1, -0.05) is 0 Å². The molecule has 3 rings (SSSR count). The quantitative estimate of drug-likeness (QED) is 0.570. The second kappa shape index (κ2) is 5.30. The average Bonchev–Trinajstić information content (AvgIpc) is 2.46. The number of nitrogens with one attached hydrogen (secondary N) is 1. The van der Waals surface area contributed by atoms with E-state index >= 15 is 0 Å². The van der Waals surface area contributed by atoms with E-state index in [2.05, 4.69) is 11.0 Å². The molecule has 114 valence electrons. The summed E-state index contributed by atoms with van der Waals surface area (Å²) in [5.74, 6) is 0.918. The van der Waals surface area contributed by atoms with Crippen molar-refractivity contribution in [1.82, 2.24) is 4.98 Å². The Bertz CT molecular complexity index is 558. The fourth-order valence-electron chi connectivity index (χ4n) is 3.26. The van der Waals surface area contributed by atoms with Crippen molar-refractivity contribution in [2.75, 3.05) is 18.0 Å². The molecule has 0 amide bonds. The first-order valence-electron chi connectivity index (χ1n) is 7.81. The lowest BCUT2D eigenvalue weighted by atomic mass is 9.92. The highest BCUT2D eigenvalue weighted by Crippen LogP contribution is 2.30. The average molecular weight is 288 g/mol. The summed E-state index contributed by atoms with van der Waals surface area (Å²) in [7, 11) is 0. The van der Waals surface area contributed by atoms with Crippen molar-refractivity contribution in [3.63, 3.8) is 0 Å². The topological polar surface area (TPSA) is 86.2 Å². The zero-order valence-corrected chi connectivity index (χ0v) is 12.7. The Labute approximate surface area is 125 Å². The molecule has 0 saturated carbocycles. The molecule has 2 heterocycles. The molecule has 0 atom stereocenters. The Morgan fingerprint density at radius 1 is 1.33 bits per heavy atom. The Balaban J connectivity index is 1.95. The van der Waals surface area contributed by atoms with Crippen molar-refractivity contribution >= 4 is 11.7 Å². The van der Waals surface area contributed by atoms with Crippen LogP contribution in [0.5, 0.6) is 0 Å². The lowest BCUT2D eigenvalue weighted by Crippen LogP contribution is -2.43. The summed E-state index contributed by atoms with van der Waals surface area (Å²) in [5.41, 5.74) is 8.35. The number of amidine groups is 1. The van der Waals surface area contributed by atoms with Gasteiger partial charge in [-0.15, -0.1) is 0 Å². The van der Waals surface area contributed by atoms with Gasteiger partial charge in [0.05, 0.1) is 11.2 Å². The minimum atomic E-state index is -0.582. The SMILES string of the molecule is CC1(O)CCN(c2nc3c(cc2C(=N)N)CCCC3)CC1. The Morgan fingerprint density at radius 2 is 2.00 bits per heavy atom. The molecule has 5 heteroatoms. The lowest BCUT2D eigenvalue weighted by molar-refractivity contribution is 0.0350. The number of hydrogen-bond donors (Lipinski definition) is 3. The number of rotatable bonds is 2. The van der Waals surface area contributed by atoms with Crippen LogP contribution in [0.4, 0.5) is 5.82 Å². The molecule has 1 aromatic heterocycles. The smallest absolute Gasteiger partial charge is 0.139 e. The third-order valence-electron chi connectivity index (χ3n) is 4.71. The van der Waals surface area contributed by atoms with Gasteiger partial charge in [-0.2, -0.15) is 0 Å². The minimum Gasteiger partial charge on any atom is -0.390 e. The first-order chi connectivity index (χ1) is 9.96. The predicted octanol–water partition coefficient (Wildman–Crippen LogP) is 1.60. The largest absolute Gasteiger partial charge is 0.390 e. The number of aliphatic hydroxyl groups is 1. The van der Waals surface area contributed by atoms with Crippen LogP contribution in [0.3, 0.4) is 0 Å². The summed E-state index contributed by atoms with van der Waals surface area (Å²) >= 11 is 0. The summed E-state index contributed by atoms with van der Waals surface area (Å²) in [4.78, 5) is 7.00. The van der Waals surface area contributed by atoms with Crippen LogP contribution in [0.15, 0.2) is 6.07 Å². The molecule has 21 heavy (non-hydrogen) atoms. The number of aryl methyl sites for hydroxylation is 2. The Kier molecular flexibility index (Phi) is 3.61. The van der Waals surface area contributed by atoms with E-state index in [4.69, 9.17) is 16.1 Å². The molecule has 1 aliphatic carbocycles. The number of piperidine rings is 1. The van der Waals surface area contributed by atoms with Gasteiger partial charge in [-0.3, -0.25) is 5.41 Å². The highest BCUT2D eigenvalue weighted by molar-refractivity contribution is 6.00. The molecule has 0 aromatic carbocycles. The number of fused-ring (bicyclic) bond motifs is 1. The van der Waals surface area contributed by atoms with Crippen LogP contribution in [0, 0.1) is 5.41 Å². The van der Waals surface area contributed by atoms with E-state index in [0.29, 0.717) is 0 Å². The molecule has 0 spiro atoms. The highest BCUT2D eigenvalue weighted by Gasteiger charge is 2.30. The van der Waals surface area contributed by atoms with Crippen LogP contribution in [-0.2, 0) is 12.8 Å². The number of nitrogen functional groups attached to an aromatic ring is 1. The van der Waals surface area contributed by atoms with Crippen molar-refractivity contribution in [3.8, 4) is 0 Å². The van der Waals surface area contributed by atoms with Gasteiger partial charge < -0.3 is 15.7 Å². The van der Waals surface area contributed by atoms with Crippen LogP contribution in [0.1, 0.15) is 49.4 Å². The van der Waals surface area contributed by atoms with Crippen molar-refractivity contribution < 1.29 is 5.11 Å². The lowest BCUT2D eigenvalue weighted by Gasteiger charge is -2.37. The van der Waals surface area contributed by atoms with E-state index in [-0.39, 0.29) is 5.84 Å². The first-order valence-corrected chi connectivity index (χ1v) is 7.81. The molecule has 0 unspecified atom stereocenters. The second-order valence-corrected chi connectivity index (χ2v) is 6.57. The van der Waals surface area contributed by atoms with Gasteiger partial charge in [0.1, 0.15) is 11.7 Å².